The second-order valence-corrected chi connectivity index (χ2v) is 4.19. The fourth-order valence-corrected chi connectivity index (χ4v) is 2.01. The molecule has 19 heavy (non-hydrogen) atoms. The maximum atomic E-state index is 4.54. The Kier molecular flexibility index (Phi) is 4.31. The van der Waals surface area contributed by atoms with E-state index in [1.807, 2.05) is 54.1 Å². The average molecular weight is 426 g/mol. The van der Waals surface area contributed by atoms with Crippen molar-refractivity contribution in [2.24, 2.45) is 0 Å². The quantitative estimate of drug-likeness (QED) is 0.573. The molecule has 0 unspecified atom stereocenters. The summed E-state index contributed by atoms with van der Waals surface area (Å²) in [6.07, 6.45) is 2.05. The molecule has 1 radical (unpaired) electrons. The van der Waals surface area contributed by atoms with Gasteiger partial charge in [-0.2, -0.15) is 29.4 Å². The molecule has 0 saturated heterocycles. The summed E-state index contributed by atoms with van der Waals surface area (Å²) in [4.78, 5) is 0. The second-order valence-electron chi connectivity index (χ2n) is 4.19. The minimum atomic E-state index is 0. The zero-order valence-electron chi connectivity index (χ0n) is 10.5. The van der Waals surface area contributed by atoms with E-state index in [9.17, 15) is 0 Å². The third-order valence-electron chi connectivity index (χ3n) is 2.92. The van der Waals surface area contributed by atoms with Crippen molar-refractivity contribution in [3.63, 3.8) is 0 Å². The van der Waals surface area contributed by atoms with Crippen molar-refractivity contribution in [1.82, 2.24) is 9.78 Å². The summed E-state index contributed by atoms with van der Waals surface area (Å²) in [5.41, 5.74) is 4.34. The van der Waals surface area contributed by atoms with Crippen molar-refractivity contribution in [2.75, 3.05) is 0 Å². The third-order valence-corrected chi connectivity index (χ3v) is 2.92. The molecule has 0 spiro atoms. The van der Waals surface area contributed by atoms with Gasteiger partial charge in [-0.25, -0.2) is 0 Å². The van der Waals surface area contributed by atoms with Crippen LogP contribution in [0.2, 0.25) is 0 Å². The molecule has 0 atom stereocenters. The fourth-order valence-electron chi connectivity index (χ4n) is 2.01. The molecule has 3 heteroatoms. The number of benzene rings is 2. The molecule has 0 amide bonds. The van der Waals surface area contributed by atoms with Gasteiger partial charge in [-0.05, 0) is 18.2 Å². The first kappa shape index (κ1) is 13.7. The van der Waals surface area contributed by atoms with Crippen molar-refractivity contribution < 1.29 is 20.1 Å². The monoisotopic (exact) mass is 426 g/mol. The Labute approximate surface area is 126 Å². The Morgan fingerprint density at radius 2 is 1.74 bits per heavy atom. The Morgan fingerprint density at radius 1 is 1.00 bits per heavy atom. The number of hydrogen-bond acceptors (Lipinski definition) is 1. The second kappa shape index (κ2) is 5.96. The Hall–Kier alpha value is -1.70. The summed E-state index contributed by atoms with van der Waals surface area (Å²) in [7, 11) is 0. The molecule has 0 N–H and O–H groups in total. The number of aryl methyl sites for hydroxylation is 1. The van der Waals surface area contributed by atoms with Gasteiger partial charge in [-0.3, -0.25) is 4.68 Å². The summed E-state index contributed by atoms with van der Waals surface area (Å²) in [6.45, 7) is 2.03. The van der Waals surface area contributed by atoms with E-state index in [1.54, 1.807) is 0 Å². The van der Waals surface area contributed by atoms with Crippen molar-refractivity contribution in [1.29, 1.82) is 0 Å². The molecule has 0 saturated carbocycles. The van der Waals surface area contributed by atoms with Gasteiger partial charge < -0.3 is 0 Å². The van der Waals surface area contributed by atoms with Gasteiger partial charge in [0, 0.05) is 31.9 Å². The van der Waals surface area contributed by atoms with Crippen molar-refractivity contribution >= 4 is 0 Å². The molecule has 2 nitrogen and oxygen atoms in total. The topological polar surface area (TPSA) is 17.8 Å². The summed E-state index contributed by atoms with van der Waals surface area (Å²) in [6, 6.07) is 21.3. The normalized spacial score (nSPS) is 9.95. The summed E-state index contributed by atoms with van der Waals surface area (Å²) >= 11 is 0. The number of hydrogen-bond donors (Lipinski definition) is 0. The van der Waals surface area contributed by atoms with Gasteiger partial charge in [0.25, 0.3) is 0 Å². The number of aromatic nitrogens is 2. The standard InChI is InChI=1S/C16H13N2.Ir/c1-13-16(14-8-4-2-5-9-14)12-18(17-13)15-10-6-3-7-11-15;/h2-10,12H,1H3;/q-1;. The van der Waals surface area contributed by atoms with Gasteiger partial charge in [0.05, 0.1) is 5.69 Å². The number of para-hydroxylation sites is 1. The van der Waals surface area contributed by atoms with Crippen LogP contribution in [-0.2, 0) is 20.1 Å². The minimum Gasteiger partial charge on any atom is -0.265 e. The van der Waals surface area contributed by atoms with Crippen LogP contribution in [0.15, 0.2) is 60.8 Å². The van der Waals surface area contributed by atoms with Crippen LogP contribution in [0.4, 0.5) is 0 Å². The molecule has 1 aromatic heterocycles. The largest absolute Gasteiger partial charge is 0.265 e. The van der Waals surface area contributed by atoms with Crippen LogP contribution in [0.25, 0.3) is 16.8 Å². The van der Waals surface area contributed by atoms with E-state index in [2.05, 4.69) is 29.5 Å². The van der Waals surface area contributed by atoms with Gasteiger partial charge >= 0.3 is 0 Å². The number of nitrogens with zero attached hydrogens (tertiary/aromatic N) is 2. The van der Waals surface area contributed by atoms with E-state index in [0.29, 0.717) is 0 Å². The van der Waals surface area contributed by atoms with Crippen LogP contribution in [0.5, 0.6) is 0 Å². The third kappa shape index (κ3) is 2.83. The van der Waals surface area contributed by atoms with E-state index in [0.717, 1.165) is 16.9 Å². The molecule has 97 valence electrons. The zero-order chi connectivity index (χ0) is 12.4. The Bertz CT molecular complexity index is 645. The molecule has 0 aliphatic heterocycles. The molecule has 0 aliphatic rings. The van der Waals surface area contributed by atoms with E-state index < -0.39 is 0 Å². The van der Waals surface area contributed by atoms with Crippen LogP contribution < -0.4 is 0 Å². The Morgan fingerprint density at radius 3 is 2.42 bits per heavy atom. The maximum Gasteiger partial charge on any atom is 0.0675 e. The molecule has 3 rings (SSSR count). The van der Waals surface area contributed by atoms with E-state index in [-0.39, 0.29) is 20.1 Å². The van der Waals surface area contributed by atoms with Gasteiger partial charge in [0.2, 0.25) is 0 Å². The van der Waals surface area contributed by atoms with Crippen molar-refractivity contribution in [3.8, 4) is 16.8 Å². The van der Waals surface area contributed by atoms with Crippen LogP contribution in [0.3, 0.4) is 0 Å². The molecular formula is C16H13IrN2-. The van der Waals surface area contributed by atoms with Gasteiger partial charge in [0.1, 0.15) is 0 Å². The van der Waals surface area contributed by atoms with Crippen LogP contribution in [0, 0.1) is 13.0 Å². The first-order valence-electron chi connectivity index (χ1n) is 5.93. The number of rotatable bonds is 2. The summed E-state index contributed by atoms with van der Waals surface area (Å²) in [5.74, 6) is 0. The fraction of sp³-hybridized carbons (Fsp3) is 0.0625. The van der Waals surface area contributed by atoms with Gasteiger partial charge in [-0.1, -0.05) is 30.3 Å². The maximum absolute atomic E-state index is 4.54. The van der Waals surface area contributed by atoms with E-state index in [1.165, 1.54) is 5.56 Å². The molecule has 0 aliphatic carbocycles. The van der Waals surface area contributed by atoms with Crippen LogP contribution >= 0.6 is 0 Å². The first-order chi connectivity index (χ1) is 8.84. The van der Waals surface area contributed by atoms with E-state index >= 15 is 0 Å². The average Bonchev–Trinajstić information content (AvgIpc) is 2.83. The first-order valence-corrected chi connectivity index (χ1v) is 5.93. The molecule has 2 aromatic carbocycles. The van der Waals surface area contributed by atoms with Crippen molar-refractivity contribution in [2.45, 2.75) is 6.92 Å². The molecule has 0 fully saturated rings. The SMILES string of the molecule is Cc1nn(-c2[c-]cccc2)cc1-c1ccccc1.[Ir]. The summed E-state index contributed by atoms with van der Waals surface area (Å²) < 4.78 is 1.87. The zero-order valence-corrected chi connectivity index (χ0v) is 12.9. The van der Waals surface area contributed by atoms with Crippen molar-refractivity contribution in [3.05, 3.63) is 72.6 Å². The summed E-state index contributed by atoms with van der Waals surface area (Å²) in [5, 5.41) is 4.54. The molecule has 1 heterocycles. The van der Waals surface area contributed by atoms with Gasteiger partial charge in [-0.15, -0.1) is 6.07 Å². The Balaban J connectivity index is 0.00000133. The van der Waals surface area contributed by atoms with E-state index in [4.69, 9.17) is 0 Å². The van der Waals surface area contributed by atoms with Gasteiger partial charge in [0.15, 0.2) is 0 Å². The molecule has 3 aromatic rings. The van der Waals surface area contributed by atoms with Crippen LogP contribution in [0.1, 0.15) is 5.69 Å². The molecular weight excluding hydrogens is 412 g/mol. The molecule has 0 bridgehead atoms. The van der Waals surface area contributed by atoms with Crippen LogP contribution in [-0.4, -0.2) is 9.78 Å². The predicted octanol–water partition coefficient (Wildman–Crippen LogP) is 3.65. The minimum absolute atomic E-state index is 0. The smallest absolute Gasteiger partial charge is 0.0675 e. The predicted molar refractivity (Wildman–Crippen MR) is 72.6 cm³/mol.